The second-order valence-corrected chi connectivity index (χ2v) is 6.73. The number of nitrogens with two attached hydrogens (primary N) is 1. The first-order chi connectivity index (χ1) is 9.48. The molecular weight excluding hydrogens is 283 g/mol. The second kappa shape index (κ2) is 6.17. The fraction of sp³-hybridized carbons (Fsp3) is 0.538. The predicted molar refractivity (Wildman–Crippen MR) is 73.2 cm³/mol. The Balaban J connectivity index is 2.26. The Morgan fingerprint density at radius 3 is 2.60 bits per heavy atom. The fourth-order valence-corrected chi connectivity index (χ4v) is 4.14. The molecule has 112 valence electrons. The zero-order valence-corrected chi connectivity index (χ0v) is 12.1. The summed E-state index contributed by atoms with van der Waals surface area (Å²) in [5.41, 5.74) is 5.69. The van der Waals surface area contributed by atoms with Gasteiger partial charge in [-0.05, 0) is 37.1 Å². The summed E-state index contributed by atoms with van der Waals surface area (Å²) < 4.78 is 44.7. The average Bonchev–Trinajstić information content (AvgIpc) is 2.46. The predicted octanol–water partition coefficient (Wildman–Crippen LogP) is 0.953. The largest absolute Gasteiger partial charge is 0.381 e. The molecule has 20 heavy (non-hydrogen) atoms. The van der Waals surface area contributed by atoms with Crippen LogP contribution in [0.25, 0.3) is 0 Å². The van der Waals surface area contributed by atoms with Crippen LogP contribution in [0.4, 0.5) is 4.39 Å². The average molecular weight is 302 g/mol. The van der Waals surface area contributed by atoms with Crippen LogP contribution >= 0.6 is 0 Å². The van der Waals surface area contributed by atoms with Crippen molar-refractivity contribution in [2.45, 2.75) is 29.9 Å². The maximum absolute atomic E-state index is 12.9. The summed E-state index contributed by atoms with van der Waals surface area (Å²) in [6.45, 7) is 0.598. The van der Waals surface area contributed by atoms with Crippen molar-refractivity contribution in [1.29, 1.82) is 0 Å². The third-order valence-electron chi connectivity index (χ3n) is 3.64. The van der Waals surface area contributed by atoms with Crippen molar-refractivity contribution in [2.75, 3.05) is 20.2 Å². The van der Waals surface area contributed by atoms with Crippen molar-refractivity contribution in [3.63, 3.8) is 0 Å². The summed E-state index contributed by atoms with van der Waals surface area (Å²) in [5, 5.41) is 0. The van der Waals surface area contributed by atoms with Gasteiger partial charge in [-0.15, -0.1) is 0 Å². The minimum Gasteiger partial charge on any atom is -0.381 e. The van der Waals surface area contributed by atoms with Crippen LogP contribution in [0.5, 0.6) is 0 Å². The number of methoxy groups -OCH3 is 1. The van der Waals surface area contributed by atoms with Gasteiger partial charge < -0.3 is 10.5 Å². The van der Waals surface area contributed by atoms with Crippen LogP contribution in [-0.2, 0) is 14.8 Å². The summed E-state index contributed by atoms with van der Waals surface area (Å²) >= 11 is 0. The topological polar surface area (TPSA) is 72.6 Å². The van der Waals surface area contributed by atoms with Gasteiger partial charge in [0.15, 0.2) is 0 Å². The number of hydrogen-bond acceptors (Lipinski definition) is 4. The van der Waals surface area contributed by atoms with Gasteiger partial charge in [0, 0.05) is 26.2 Å². The van der Waals surface area contributed by atoms with E-state index in [1.165, 1.54) is 16.4 Å². The Bertz CT molecular complexity index is 547. The molecule has 1 aromatic rings. The van der Waals surface area contributed by atoms with E-state index in [4.69, 9.17) is 10.5 Å². The lowest BCUT2D eigenvalue weighted by molar-refractivity contribution is 0.0401. The number of rotatable bonds is 4. The van der Waals surface area contributed by atoms with Crippen LogP contribution in [0.1, 0.15) is 12.8 Å². The van der Waals surface area contributed by atoms with Crippen molar-refractivity contribution in [3.8, 4) is 0 Å². The van der Waals surface area contributed by atoms with Crippen LogP contribution in [0.2, 0.25) is 0 Å². The van der Waals surface area contributed by atoms with Gasteiger partial charge in [0.1, 0.15) is 5.82 Å². The molecule has 0 aromatic heterocycles. The third kappa shape index (κ3) is 3.01. The highest BCUT2D eigenvalue weighted by atomic mass is 32.2. The lowest BCUT2D eigenvalue weighted by Gasteiger charge is -2.37. The molecule has 0 amide bonds. The van der Waals surface area contributed by atoms with E-state index in [0.29, 0.717) is 19.4 Å². The normalized spacial score (nSPS) is 24.8. The lowest BCUT2D eigenvalue weighted by atomic mass is 10.0. The second-order valence-electron chi connectivity index (χ2n) is 4.84. The standard InChI is InChI=1S/C13H19FN2O3S/c1-19-12-6-7-16(11(8-12)9-15)20(17,18)13-4-2-10(14)3-5-13/h2-5,11-12H,6-9,15H2,1H3. The molecule has 1 saturated heterocycles. The number of sulfonamides is 1. The molecule has 5 nitrogen and oxygen atoms in total. The van der Waals surface area contributed by atoms with Gasteiger partial charge in [0.05, 0.1) is 11.0 Å². The van der Waals surface area contributed by atoms with E-state index >= 15 is 0 Å². The van der Waals surface area contributed by atoms with Gasteiger partial charge in [-0.25, -0.2) is 12.8 Å². The van der Waals surface area contributed by atoms with Gasteiger partial charge in [-0.2, -0.15) is 4.31 Å². The maximum atomic E-state index is 12.9. The van der Waals surface area contributed by atoms with E-state index in [1.807, 2.05) is 0 Å². The van der Waals surface area contributed by atoms with Crippen LogP contribution in [0.3, 0.4) is 0 Å². The summed E-state index contributed by atoms with van der Waals surface area (Å²) in [4.78, 5) is 0.0909. The Labute approximate surface area is 118 Å². The minimum atomic E-state index is -3.64. The smallest absolute Gasteiger partial charge is 0.243 e. The van der Waals surface area contributed by atoms with E-state index in [9.17, 15) is 12.8 Å². The van der Waals surface area contributed by atoms with Crippen molar-refractivity contribution < 1.29 is 17.5 Å². The first kappa shape index (κ1) is 15.4. The number of benzene rings is 1. The first-order valence-electron chi connectivity index (χ1n) is 6.49. The maximum Gasteiger partial charge on any atom is 0.243 e. The van der Waals surface area contributed by atoms with E-state index in [1.54, 1.807) is 7.11 Å². The molecule has 1 fully saturated rings. The molecule has 1 aliphatic heterocycles. The van der Waals surface area contributed by atoms with Crippen LogP contribution in [0, 0.1) is 5.82 Å². The van der Waals surface area contributed by atoms with Crippen molar-refractivity contribution >= 4 is 10.0 Å². The summed E-state index contributed by atoms with van der Waals surface area (Å²) in [6.07, 6.45) is 1.24. The third-order valence-corrected chi connectivity index (χ3v) is 5.61. The highest BCUT2D eigenvalue weighted by Crippen LogP contribution is 2.26. The van der Waals surface area contributed by atoms with Crippen LogP contribution < -0.4 is 5.73 Å². The molecule has 7 heteroatoms. The van der Waals surface area contributed by atoms with E-state index in [0.717, 1.165) is 12.1 Å². The molecule has 1 aromatic carbocycles. The zero-order valence-electron chi connectivity index (χ0n) is 11.3. The van der Waals surface area contributed by atoms with E-state index in [-0.39, 0.29) is 23.6 Å². The van der Waals surface area contributed by atoms with Gasteiger partial charge in [0.25, 0.3) is 0 Å². The van der Waals surface area contributed by atoms with Gasteiger partial charge in [-0.3, -0.25) is 0 Å². The molecule has 0 radical (unpaired) electrons. The van der Waals surface area contributed by atoms with Gasteiger partial charge >= 0.3 is 0 Å². The Morgan fingerprint density at radius 2 is 2.05 bits per heavy atom. The molecule has 0 bridgehead atoms. The number of halogens is 1. The molecule has 1 aliphatic rings. The molecule has 1 heterocycles. The molecule has 0 spiro atoms. The number of piperidine rings is 1. The summed E-state index contributed by atoms with van der Waals surface area (Å²) in [6, 6.07) is 4.56. The van der Waals surface area contributed by atoms with Crippen LogP contribution in [0.15, 0.2) is 29.2 Å². The molecule has 2 rings (SSSR count). The highest BCUT2D eigenvalue weighted by Gasteiger charge is 2.36. The zero-order chi connectivity index (χ0) is 14.8. The van der Waals surface area contributed by atoms with Crippen molar-refractivity contribution in [1.82, 2.24) is 4.31 Å². The molecule has 0 saturated carbocycles. The van der Waals surface area contributed by atoms with Gasteiger partial charge in [0.2, 0.25) is 10.0 Å². The first-order valence-corrected chi connectivity index (χ1v) is 7.93. The quantitative estimate of drug-likeness (QED) is 0.899. The highest BCUT2D eigenvalue weighted by molar-refractivity contribution is 7.89. The fourth-order valence-electron chi connectivity index (χ4n) is 2.48. The summed E-state index contributed by atoms with van der Waals surface area (Å²) in [7, 11) is -2.03. The Hall–Kier alpha value is -1.02. The SMILES string of the molecule is COC1CCN(S(=O)(=O)c2ccc(F)cc2)C(CN)C1. The minimum absolute atomic E-state index is 0.0308. The van der Waals surface area contributed by atoms with Gasteiger partial charge in [-0.1, -0.05) is 0 Å². The van der Waals surface area contributed by atoms with Crippen LogP contribution in [-0.4, -0.2) is 45.1 Å². The molecule has 2 atom stereocenters. The van der Waals surface area contributed by atoms with E-state index < -0.39 is 15.8 Å². The number of ether oxygens (including phenoxy) is 1. The molecule has 2 N–H and O–H groups in total. The molecular formula is C13H19FN2O3S. The number of hydrogen-bond donors (Lipinski definition) is 1. The Kier molecular flexibility index (Phi) is 4.74. The molecule has 0 aliphatic carbocycles. The molecule has 2 unspecified atom stereocenters. The lowest BCUT2D eigenvalue weighted by Crippen LogP contribution is -2.51. The Morgan fingerprint density at radius 1 is 1.40 bits per heavy atom. The van der Waals surface area contributed by atoms with E-state index in [2.05, 4.69) is 0 Å². The van der Waals surface area contributed by atoms with Crippen molar-refractivity contribution in [3.05, 3.63) is 30.1 Å². The van der Waals surface area contributed by atoms with Crippen molar-refractivity contribution in [2.24, 2.45) is 5.73 Å². The monoisotopic (exact) mass is 302 g/mol. The number of nitrogens with zero attached hydrogens (tertiary/aromatic N) is 1. The summed E-state index contributed by atoms with van der Waals surface area (Å²) in [5.74, 6) is -0.461.